The van der Waals surface area contributed by atoms with Crippen LogP contribution in [0.15, 0.2) is 29.3 Å². The SMILES string of the molecule is CN=C(NCC1CCN(c2cccc(OC)c2)C1)NCC(C)(C)N1CCCCC1.I. The Labute approximate surface area is 199 Å². The second-order valence-electron chi connectivity index (χ2n) is 8.97. The highest BCUT2D eigenvalue weighted by molar-refractivity contribution is 14.0. The maximum absolute atomic E-state index is 5.37. The first-order chi connectivity index (χ1) is 14.0. The molecule has 0 spiro atoms. The molecule has 2 heterocycles. The Balaban J connectivity index is 0.00000320. The number of guanidine groups is 1. The highest BCUT2D eigenvalue weighted by Gasteiger charge is 2.28. The second kappa shape index (κ2) is 12.0. The second-order valence-corrected chi connectivity index (χ2v) is 8.97. The van der Waals surface area contributed by atoms with Gasteiger partial charge in [0, 0.05) is 50.5 Å². The molecule has 170 valence electrons. The quantitative estimate of drug-likeness (QED) is 0.322. The zero-order valence-corrected chi connectivity index (χ0v) is 21.4. The van der Waals surface area contributed by atoms with E-state index in [0.717, 1.165) is 37.9 Å². The molecule has 0 aromatic heterocycles. The van der Waals surface area contributed by atoms with Crippen molar-refractivity contribution in [2.45, 2.75) is 45.1 Å². The van der Waals surface area contributed by atoms with Crippen molar-refractivity contribution in [3.05, 3.63) is 24.3 Å². The number of rotatable bonds is 7. The minimum Gasteiger partial charge on any atom is -0.497 e. The van der Waals surface area contributed by atoms with Gasteiger partial charge in [-0.3, -0.25) is 9.89 Å². The molecule has 0 aliphatic carbocycles. The lowest BCUT2D eigenvalue weighted by Crippen LogP contribution is -2.55. The summed E-state index contributed by atoms with van der Waals surface area (Å²) in [5.74, 6) is 2.45. The van der Waals surface area contributed by atoms with Gasteiger partial charge >= 0.3 is 0 Å². The molecule has 2 aliphatic rings. The summed E-state index contributed by atoms with van der Waals surface area (Å²) in [5.41, 5.74) is 1.40. The molecular formula is C23H40IN5O. The summed E-state index contributed by atoms with van der Waals surface area (Å²) in [6.07, 6.45) is 5.21. The number of piperidine rings is 1. The number of nitrogens with one attached hydrogen (secondary N) is 2. The van der Waals surface area contributed by atoms with E-state index in [1.54, 1.807) is 7.11 Å². The molecule has 0 bridgehead atoms. The smallest absolute Gasteiger partial charge is 0.191 e. The molecule has 2 aliphatic heterocycles. The summed E-state index contributed by atoms with van der Waals surface area (Å²) in [5, 5.41) is 7.11. The van der Waals surface area contributed by atoms with E-state index >= 15 is 0 Å². The molecule has 1 unspecified atom stereocenters. The summed E-state index contributed by atoms with van der Waals surface area (Å²) in [6, 6.07) is 8.36. The lowest BCUT2D eigenvalue weighted by atomic mass is 9.98. The first-order valence-electron chi connectivity index (χ1n) is 11.1. The van der Waals surface area contributed by atoms with Crippen molar-refractivity contribution in [1.82, 2.24) is 15.5 Å². The molecule has 30 heavy (non-hydrogen) atoms. The standard InChI is InChI=1S/C23H39N5O.HI/c1-23(2,28-12-6-5-7-13-28)18-26-22(24-3)25-16-19-11-14-27(17-19)20-9-8-10-21(15-20)29-4;/h8-10,15,19H,5-7,11-14,16-18H2,1-4H3,(H2,24,25,26);1H. The molecule has 1 atom stereocenters. The van der Waals surface area contributed by atoms with Gasteiger partial charge < -0.3 is 20.3 Å². The number of benzene rings is 1. The minimum absolute atomic E-state index is 0. The molecular weight excluding hydrogens is 489 g/mol. The zero-order chi connectivity index (χ0) is 20.7. The predicted molar refractivity (Wildman–Crippen MR) is 138 cm³/mol. The van der Waals surface area contributed by atoms with Gasteiger partial charge in [0.2, 0.25) is 0 Å². The van der Waals surface area contributed by atoms with E-state index in [2.05, 4.69) is 57.5 Å². The highest BCUT2D eigenvalue weighted by Crippen LogP contribution is 2.26. The Kier molecular flexibility index (Phi) is 10.0. The van der Waals surface area contributed by atoms with Gasteiger partial charge in [-0.15, -0.1) is 24.0 Å². The van der Waals surface area contributed by atoms with Gasteiger partial charge in [-0.05, 0) is 64.3 Å². The van der Waals surface area contributed by atoms with Gasteiger partial charge in [0.15, 0.2) is 5.96 Å². The molecule has 0 radical (unpaired) electrons. The van der Waals surface area contributed by atoms with Crippen LogP contribution in [-0.4, -0.2) is 69.8 Å². The number of ether oxygens (including phenoxy) is 1. The zero-order valence-electron chi connectivity index (χ0n) is 19.1. The fourth-order valence-electron chi connectivity index (χ4n) is 4.41. The topological polar surface area (TPSA) is 52.1 Å². The van der Waals surface area contributed by atoms with Gasteiger partial charge in [0.1, 0.15) is 5.75 Å². The number of hydrogen-bond donors (Lipinski definition) is 2. The monoisotopic (exact) mass is 529 g/mol. The van der Waals surface area contributed by atoms with E-state index in [1.165, 1.54) is 44.5 Å². The summed E-state index contributed by atoms with van der Waals surface area (Å²) in [7, 11) is 3.58. The number of hydrogen-bond acceptors (Lipinski definition) is 4. The van der Waals surface area contributed by atoms with Crippen LogP contribution in [0.1, 0.15) is 39.5 Å². The van der Waals surface area contributed by atoms with Crippen LogP contribution in [0.2, 0.25) is 0 Å². The van der Waals surface area contributed by atoms with E-state index in [0.29, 0.717) is 5.92 Å². The number of likely N-dealkylation sites (tertiary alicyclic amines) is 1. The van der Waals surface area contributed by atoms with Crippen LogP contribution in [0.5, 0.6) is 5.75 Å². The maximum Gasteiger partial charge on any atom is 0.191 e. The van der Waals surface area contributed by atoms with E-state index in [-0.39, 0.29) is 29.5 Å². The fraction of sp³-hybridized carbons (Fsp3) is 0.696. The third kappa shape index (κ3) is 6.90. The van der Waals surface area contributed by atoms with Gasteiger partial charge in [-0.25, -0.2) is 0 Å². The summed E-state index contributed by atoms with van der Waals surface area (Å²) >= 11 is 0. The van der Waals surface area contributed by atoms with Crippen LogP contribution in [-0.2, 0) is 0 Å². The predicted octanol–water partition coefficient (Wildman–Crippen LogP) is 3.57. The van der Waals surface area contributed by atoms with Crippen molar-refractivity contribution in [2.24, 2.45) is 10.9 Å². The van der Waals surface area contributed by atoms with Crippen molar-refractivity contribution in [2.75, 3.05) is 58.3 Å². The first kappa shape index (κ1) is 25.0. The summed E-state index contributed by atoms with van der Waals surface area (Å²) in [4.78, 5) is 9.50. The molecule has 1 aromatic rings. The minimum atomic E-state index is 0. The van der Waals surface area contributed by atoms with Crippen LogP contribution in [0.25, 0.3) is 0 Å². The molecule has 0 saturated carbocycles. The molecule has 1 aromatic carbocycles. The third-order valence-corrected chi connectivity index (χ3v) is 6.39. The average molecular weight is 530 g/mol. The van der Waals surface area contributed by atoms with Crippen molar-refractivity contribution in [1.29, 1.82) is 0 Å². The van der Waals surface area contributed by atoms with E-state index in [9.17, 15) is 0 Å². The van der Waals surface area contributed by atoms with E-state index < -0.39 is 0 Å². The van der Waals surface area contributed by atoms with E-state index in [4.69, 9.17) is 4.74 Å². The maximum atomic E-state index is 5.37. The third-order valence-electron chi connectivity index (χ3n) is 6.39. The van der Waals surface area contributed by atoms with Crippen molar-refractivity contribution in [3.63, 3.8) is 0 Å². The number of methoxy groups -OCH3 is 1. The fourth-order valence-corrected chi connectivity index (χ4v) is 4.41. The number of nitrogens with zero attached hydrogens (tertiary/aromatic N) is 3. The van der Waals surface area contributed by atoms with Crippen LogP contribution in [0.3, 0.4) is 0 Å². The Morgan fingerprint density at radius 2 is 1.93 bits per heavy atom. The van der Waals surface area contributed by atoms with Gasteiger partial charge in [0.25, 0.3) is 0 Å². The number of halogens is 1. The summed E-state index contributed by atoms with van der Waals surface area (Å²) in [6.45, 7) is 11.1. The number of anilines is 1. The normalized spacial score (nSPS) is 20.6. The molecule has 0 amide bonds. The lowest BCUT2D eigenvalue weighted by Gasteiger charge is -2.41. The largest absolute Gasteiger partial charge is 0.497 e. The molecule has 7 heteroatoms. The highest BCUT2D eigenvalue weighted by atomic mass is 127. The van der Waals surface area contributed by atoms with Gasteiger partial charge in [-0.1, -0.05) is 12.5 Å². The van der Waals surface area contributed by atoms with Gasteiger partial charge in [-0.2, -0.15) is 0 Å². The van der Waals surface area contributed by atoms with Crippen LogP contribution >= 0.6 is 24.0 Å². The van der Waals surface area contributed by atoms with Crippen molar-refractivity contribution < 1.29 is 4.74 Å². The number of aliphatic imine (C=N–C) groups is 1. The molecule has 3 rings (SSSR count). The molecule has 2 saturated heterocycles. The molecule has 2 fully saturated rings. The first-order valence-corrected chi connectivity index (χ1v) is 11.1. The van der Waals surface area contributed by atoms with Gasteiger partial charge in [0.05, 0.1) is 7.11 Å². The molecule has 2 N–H and O–H groups in total. The Morgan fingerprint density at radius 3 is 2.63 bits per heavy atom. The average Bonchev–Trinajstić information content (AvgIpc) is 3.23. The van der Waals surface area contributed by atoms with Crippen LogP contribution in [0.4, 0.5) is 5.69 Å². The summed E-state index contributed by atoms with van der Waals surface area (Å²) < 4.78 is 5.37. The van der Waals surface area contributed by atoms with E-state index in [1.807, 2.05) is 13.1 Å². The Bertz CT molecular complexity index is 675. The molecule has 6 nitrogen and oxygen atoms in total. The lowest BCUT2D eigenvalue weighted by molar-refractivity contribution is 0.0982. The van der Waals surface area contributed by atoms with Crippen molar-refractivity contribution >= 4 is 35.6 Å². The van der Waals surface area contributed by atoms with Crippen molar-refractivity contribution in [3.8, 4) is 5.75 Å². The van der Waals surface area contributed by atoms with Crippen LogP contribution in [0, 0.1) is 5.92 Å². The Morgan fingerprint density at radius 1 is 1.17 bits per heavy atom. The Hall–Kier alpha value is -1.22. The van der Waals surface area contributed by atoms with Crippen LogP contribution < -0.4 is 20.3 Å².